The third kappa shape index (κ3) is 8.94. The van der Waals surface area contributed by atoms with Gasteiger partial charge in [-0.1, -0.05) is 52.0 Å². The first-order chi connectivity index (χ1) is 13.1. The van der Waals surface area contributed by atoms with E-state index in [1.165, 1.54) is 11.1 Å². The fourth-order valence-corrected chi connectivity index (χ4v) is 2.26. The second-order valence-electron chi connectivity index (χ2n) is 6.21. The maximum Gasteiger partial charge on any atom is 0.119 e. The van der Waals surface area contributed by atoms with Crippen LogP contribution in [-0.4, -0.2) is 35.6 Å². The van der Waals surface area contributed by atoms with E-state index in [9.17, 15) is 10.2 Å². The Balaban J connectivity index is 0.00000176. The van der Waals surface area contributed by atoms with Gasteiger partial charge in [0.25, 0.3) is 0 Å². The van der Waals surface area contributed by atoms with Crippen molar-refractivity contribution in [3.63, 3.8) is 0 Å². The van der Waals surface area contributed by atoms with Crippen LogP contribution >= 0.6 is 0 Å². The molecule has 0 saturated heterocycles. The molecule has 4 nitrogen and oxygen atoms in total. The lowest BCUT2D eigenvalue weighted by Crippen LogP contribution is -2.15. The highest BCUT2D eigenvalue weighted by atomic mass is 16.5. The molecule has 0 aliphatic carbocycles. The van der Waals surface area contributed by atoms with Gasteiger partial charge in [-0.15, -0.1) is 0 Å². The Kier molecular flexibility index (Phi) is 11.2. The molecule has 0 fully saturated rings. The van der Waals surface area contributed by atoms with Crippen molar-refractivity contribution in [2.75, 3.05) is 13.2 Å². The van der Waals surface area contributed by atoms with Gasteiger partial charge in [-0.25, -0.2) is 0 Å². The molecule has 2 aromatic rings. The fraction of sp³-hybridized carbons (Fsp3) is 0.478. The second kappa shape index (κ2) is 13.2. The van der Waals surface area contributed by atoms with Gasteiger partial charge in [-0.2, -0.15) is 0 Å². The van der Waals surface area contributed by atoms with Crippen LogP contribution < -0.4 is 9.47 Å². The number of hydrogen-bond acceptors (Lipinski definition) is 4. The molecule has 0 heterocycles. The molecule has 150 valence electrons. The summed E-state index contributed by atoms with van der Waals surface area (Å²) in [4.78, 5) is 0. The molecule has 0 bridgehead atoms. The Bertz CT molecular complexity index is 552. The number of hydrogen-bond donors (Lipinski definition) is 2. The van der Waals surface area contributed by atoms with Crippen molar-refractivity contribution in [3.05, 3.63) is 59.7 Å². The van der Waals surface area contributed by atoms with Gasteiger partial charge in [0.15, 0.2) is 0 Å². The summed E-state index contributed by atoms with van der Waals surface area (Å²) in [6, 6.07) is 15.9. The predicted octanol–water partition coefficient (Wildman–Crippen LogP) is 4.60. The quantitative estimate of drug-likeness (QED) is 0.638. The monoisotopic (exact) mass is 374 g/mol. The first-order valence-electron chi connectivity index (χ1n) is 9.90. The van der Waals surface area contributed by atoms with E-state index in [2.05, 4.69) is 0 Å². The van der Waals surface area contributed by atoms with E-state index in [1.807, 2.05) is 76.2 Å². The van der Waals surface area contributed by atoms with E-state index in [4.69, 9.17) is 9.47 Å². The van der Waals surface area contributed by atoms with Gasteiger partial charge < -0.3 is 19.7 Å². The third-order valence-electron chi connectivity index (χ3n) is 4.08. The first-order valence-corrected chi connectivity index (χ1v) is 9.90. The van der Waals surface area contributed by atoms with Crippen LogP contribution in [0, 0.1) is 0 Å². The minimum Gasteiger partial charge on any atom is -0.491 e. The Morgan fingerprint density at radius 2 is 1.00 bits per heavy atom. The third-order valence-corrected chi connectivity index (χ3v) is 4.08. The molecule has 0 aliphatic rings. The van der Waals surface area contributed by atoms with Gasteiger partial charge >= 0.3 is 0 Å². The van der Waals surface area contributed by atoms with Crippen LogP contribution in [0.25, 0.3) is 0 Å². The molecule has 2 N–H and O–H groups in total. The minimum absolute atomic E-state index is 0.323. The molecule has 2 atom stereocenters. The van der Waals surface area contributed by atoms with Crippen molar-refractivity contribution in [2.45, 2.75) is 59.2 Å². The van der Waals surface area contributed by atoms with Gasteiger partial charge in [0.05, 0.1) is 12.2 Å². The number of aliphatic hydroxyl groups is 2. The topological polar surface area (TPSA) is 58.9 Å². The highest BCUT2D eigenvalue weighted by Gasteiger charge is 2.04. The molecular formula is C23H34O4. The van der Waals surface area contributed by atoms with Crippen molar-refractivity contribution in [1.29, 1.82) is 0 Å². The van der Waals surface area contributed by atoms with Crippen LogP contribution in [0.3, 0.4) is 0 Å². The van der Waals surface area contributed by atoms with Gasteiger partial charge in [0, 0.05) is 0 Å². The molecule has 0 saturated carbocycles. The standard InChI is InChI=1S/C21H28O4.C2H6/c1-3-18(22)14-24-20-9-5-16(6-10-20)13-17-7-11-21(12-8-17)25-15-19(23)4-2;1-2/h5-12,18-19,22-23H,3-4,13-15H2,1-2H3;1-2H3. The lowest BCUT2D eigenvalue weighted by molar-refractivity contribution is 0.104. The summed E-state index contributed by atoms with van der Waals surface area (Å²) in [6.07, 6.45) is 1.37. The summed E-state index contributed by atoms with van der Waals surface area (Å²) in [5.74, 6) is 1.55. The molecule has 2 aromatic carbocycles. The van der Waals surface area contributed by atoms with E-state index in [0.717, 1.165) is 17.9 Å². The molecule has 0 amide bonds. The molecule has 4 heteroatoms. The Morgan fingerprint density at radius 1 is 0.667 bits per heavy atom. The van der Waals surface area contributed by atoms with Gasteiger partial charge in [-0.3, -0.25) is 0 Å². The maximum absolute atomic E-state index is 9.52. The Labute approximate surface area is 163 Å². The van der Waals surface area contributed by atoms with E-state index in [0.29, 0.717) is 26.1 Å². The maximum atomic E-state index is 9.52. The number of rotatable bonds is 10. The lowest BCUT2D eigenvalue weighted by Gasteiger charge is -2.11. The Hall–Kier alpha value is -2.04. The zero-order valence-electron chi connectivity index (χ0n) is 17.0. The predicted molar refractivity (Wildman–Crippen MR) is 111 cm³/mol. The smallest absolute Gasteiger partial charge is 0.119 e. The van der Waals surface area contributed by atoms with Crippen LogP contribution in [0.5, 0.6) is 11.5 Å². The summed E-state index contributed by atoms with van der Waals surface area (Å²) >= 11 is 0. The number of benzene rings is 2. The van der Waals surface area contributed by atoms with Crippen molar-refractivity contribution in [1.82, 2.24) is 0 Å². The Morgan fingerprint density at radius 3 is 1.30 bits per heavy atom. The molecular weight excluding hydrogens is 340 g/mol. The van der Waals surface area contributed by atoms with E-state index >= 15 is 0 Å². The lowest BCUT2D eigenvalue weighted by atomic mass is 10.0. The van der Waals surface area contributed by atoms with Crippen LogP contribution in [0.2, 0.25) is 0 Å². The molecule has 2 unspecified atom stereocenters. The molecule has 27 heavy (non-hydrogen) atoms. The molecule has 0 radical (unpaired) electrons. The average molecular weight is 375 g/mol. The van der Waals surface area contributed by atoms with Crippen LogP contribution in [0.1, 0.15) is 51.7 Å². The summed E-state index contributed by atoms with van der Waals surface area (Å²) in [5, 5.41) is 19.0. The molecule has 0 aliphatic heterocycles. The van der Waals surface area contributed by atoms with Crippen molar-refractivity contribution < 1.29 is 19.7 Å². The van der Waals surface area contributed by atoms with Gasteiger partial charge in [0.1, 0.15) is 24.7 Å². The zero-order chi connectivity index (χ0) is 20.1. The highest BCUT2D eigenvalue weighted by molar-refractivity contribution is 5.34. The van der Waals surface area contributed by atoms with Gasteiger partial charge in [-0.05, 0) is 54.7 Å². The van der Waals surface area contributed by atoms with Crippen molar-refractivity contribution >= 4 is 0 Å². The summed E-state index contributed by atoms with van der Waals surface area (Å²) in [6.45, 7) is 8.51. The summed E-state index contributed by atoms with van der Waals surface area (Å²) in [5.41, 5.74) is 2.39. The van der Waals surface area contributed by atoms with E-state index in [1.54, 1.807) is 0 Å². The van der Waals surface area contributed by atoms with E-state index < -0.39 is 12.2 Å². The fourth-order valence-electron chi connectivity index (χ4n) is 2.26. The SMILES string of the molecule is CC.CCC(O)COc1ccc(Cc2ccc(OCC(O)CC)cc2)cc1. The first kappa shape index (κ1) is 23.0. The molecule has 0 spiro atoms. The number of ether oxygens (including phenoxy) is 2. The van der Waals surface area contributed by atoms with Gasteiger partial charge in [0.2, 0.25) is 0 Å². The minimum atomic E-state index is -0.418. The summed E-state index contributed by atoms with van der Waals surface area (Å²) < 4.78 is 11.1. The normalized spacial score (nSPS) is 12.5. The largest absolute Gasteiger partial charge is 0.491 e. The van der Waals surface area contributed by atoms with Crippen LogP contribution in [0.4, 0.5) is 0 Å². The van der Waals surface area contributed by atoms with Crippen molar-refractivity contribution in [2.24, 2.45) is 0 Å². The second-order valence-corrected chi connectivity index (χ2v) is 6.21. The van der Waals surface area contributed by atoms with E-state index in [-0.39, 0.29) is 0 Å². The molecule has 2 rings (SSSR count). The zero-order valence-corrected chi connectivity index (χ0v) is 17.0. The van der Waals surface area contributed by atoms with Crippen LogP contribution in [0.15, 0.2) is 48.5 Å². The summed E-state index contributed by atoms with van der Waals surface area (Å²) in [7, 11) is 0. The average Bonchev–Trinajstić information content (AvgIpc) is 2.73. The molecule has 0 aromatic heterocycles. The number of aliphatic hydroxyl groups excluding tert-OH is 2. The van der Waals surface area contributed by atoms with Crippen LogP contribution in [-0.2, 0) is 6.42 Å². The highest BCUT2D eigenvalue weighted by Crippen LogP contribution is 2.18. The van der Waals surface area contributed by atoms with Crippen molar-refractivity contribution in [3.8, 4) is 11.5 Å².